The zero-order valence-corrected chi connectivity index (χ0v) is 12.8. The van der Waals surface area contributed by atoms with Crippen molar-refractivity contribution >= 4 is 32.5 Å². The highest BCUT2D eigenvalue weighted by Crippen LogP contribution is 2.26. The fourth-order valence-corrected chi connectivity index (χ4v) is 2.67. The number of nitrogens with one attached hydrogen (secondary N) is 1. The molecule has 1 aromatic heterocycles. The molecule has 0 saturated heterocycles. The van der Waals surface area contributed by atoms with Gasteiger partial charge in [-0.15, -0.1) is 0 Å². The molecule has 0 atom stereocenters. The number of hydrogen-bond acceptors (Lipinski definition) is 3. The van der Waals surface area contributed by atoms with Gasteiger partial charge in [-0.1, -0.05) is 52.3 Å². The average Bonchev–Trinajstić information content (AvgIpc) is 2.53. The van der Waals surface area contributed by atoms with Gasteiger partial charge in [-0.25, -0.2) is 0 Å². The molecule has 3 nitrogen and oxygen atoms in total. The maximum atomic E-state index is 9.29. The van der Waals surface area contributed by atoms with Crippen LogP contribution in [0.3, 0.4) is 0 Å². The van der Waals surface area contributed by atoms with Crippen molar-refractivity contribution in [2.75, 3.05) is 5.32 Å². The van der Waals surface area contributed by atoms with E-state index in [1.54, 1.807) is 6.20 Å². The summed E-state index contributed by atoms with van der Waals surface area (Å²) >= 11 is 3.54. The lowest BCUT2D eigenvalue weighted by Gasteiger charge is -2.12. The molecule has 0 aliphatic rings. The summed E-state index contributed by atoms with van der Waals surface area (Å²) in [5.74, 6) is 0. The van der Waals surface area contributed by atoms with Crippen LogP contribution in [0.5, 0.6) is 0 Å². The lowest BCUT2D eigenvalue weighted by molar-refractivity contribution is 1.14. The van der Waals surface area contributed by atoms with Crippen LogP contribution in [0, 0.1) is 11.3 Å². The maximum absolute atomic E-state index is 9.29. The molecule has 0 amide bonds. The van der Waals surface area contributed by atoms with Crippen molar-refractivity contribution in [2.45, 2.75) is 6.54 Å². The van der Waals surface area contributed by atoms with Gasteiger partial charge in [-0.3, -0.25) is 4.98 Å². The van der Waals surface area contributed by atoms with Crippen LogP contribution < -0.4 is 5.32 Å². The summed E-state index contributed by atoms with van der Waals surface area (Å²) in [4.78, 5) is 4.31. The van der Waals surface area contributed by atoms with E-state index in [9.17, 15) is 5.26 Å². The lowest BCUT2D eigenvalue weighted by atomic mass is 10.1. The van der Waals surface area contributed by atoms with Crippen molar-refractivity contribution < 1.29 is 0 Å². The average molecular weight is 338 g/mol. The van der Waals surface area contributed by atoms with Gasteiger partial charge in [-0.2, -0.15) is 5.26 Å². The molecular weight excluding hydrogens is 326 g/mol. The minimum absolute atomic E-state index is 0.556. The smallest absolute Gasteiger partial charge is 0.103 e. The highest BCUT2D eigenvalue weighted by Gasteiger charge is 2.08. The van der Waals surface area contributed by atoms with E-state index >= 15 is 0 Å². The summed E-state index contributed by atoms with van der Waals surface area (Å²) < 4.78 is 1.05. The van der Waals surface area contributed by atoms with Gasteiger partial charge < -0.3 is 5.32 Å². The van der Waals surface area contributed by atoms with E-state index in [1.165, 1.54) is 0 Å². The summed E-state index contributed by atoms with van der Waals surface area (Å²) in [5.41, 5.74) is 3.41. The van der Waals surface area contributed by atoms with Crippen LogP contribution in [0.1, 0.15) is 11.1 Å². The van der Waals surface area contributed by atoms with E-state index in [0.29, 0.717) is 12.1 Å². The van der Waals surface area contributed by atoms with Crippen LogP contribution in [0.2, 0.25) is 0 Å². The Kier molecular flexibility index (Phi) is 3.85. The Balaban J connectivity index is 2.00. The molecule has 0 radical (unpaired) electrons. The Bertz CT molecular complexity index is 837. The molecule has 0 bridgehead atoms. The van der Waals surface area contributed by atoms with Crippen LogP contribution in [-0.4, -0.2) is 4.98 Å². The topological polar surface area (TPSA) is 48.7 Å². The number of halogens is 1. The summed E-state index contributed by atoms with van der Waals surface area (Å²) in [6.07, 6.45) is 1.62. The van der Waals surface area contributed by atoms with Crippen molar-refractivity contribution in [3.63, 3.8) is 0 Å². The maximum Gasteiger partial charge on any atom is 0.103 e. The number of anilines is 1. The third kappa shape index (κ3) is 2.74. The first-order chi connectivity index (χ1) is 10.3. The summed E-state index contributed by atoms with van der Waals surface area (Å²) in [5, 5.41) is 13.6. The van der Waals surface area contributed by atoms with E-state index in [0.717, 1.165) is 26.6 Å². The molecule has 0 fully saturated rings. The van der Waals surface area contributed by atoms with Gasteiger partial charge >= 0.3 is 0 Å². The first-order valence-corrected chi connectivity index (χ1v) is 7.34. The highest BCUT2D eigenvalue weighted by molar-refractivity contribution is 9.10. The van der Waals surface area contributed by atoms with Gasteiger partial charge in [0.1, 0.15) is 6.07 Å². The molecule has 21 heavy (non-hydrogen) atoms. The van der Waals surface area contributed by atoms with Crippen molar-refractivity contribution in [2.24, 2.45) is 0 Å². The minimum atomic E-state index is 0.556. The largest absolute Gasteiger partial charge is 0.379 e. The molecule has 1 N–H and O–H groups in total. The first kappa shape index (κ1) is 13.6. The molecule has 3 aromatic rings. The molecule has 4 heteroatoms. The Morgan fingerprint density at radius 2 is 1.86 bits per heavy atom. The van der Waals surface area contributed by atoms with E-state index in [1.807, 2.05) is 48.5 Å². The second-order valence-corrected chi connectivity index (χ2v) is 5.48. The van der Waals surface area contributed by atoms with Gasteiger partial charge in [0, 0.05) is 22.6 Å². The molecule has 0 aliphatic carbocycles. The number of nitriles is 1. The second kappa shape index (κ2) is 5.94. The fraction of sp³-hybridized carbons (Fsp3) is 0.0588. The van der Waals surface area contributed by atoms with E-state index < -0.39 is 0 Å². The highest BCUT2D eigenvalue weighted by atomic mass is 79.9. The van der Waals surface area contributed by atoms with Gasteiger partial charge in [0.15, 0.2) is 0 Å². The Labute approximate surface area is 131 Å². The molecule has 0 aliphatic heterocycles. The van der Waals surface area contributed by atoms with Gasteiger partial charge in [0.2, 0.25) is 0 Å². The molecule has 1 heterocycles. The third-order valence-electron chi connectivity index (χ3n) is 3.31. The molecule has 0 unspecified atom stereocenters. The van der Waals surface area contributed by atoms with E-state index in [2.05, 4.69) is 32.3 Å². The SMILES string of the molecule is N#Cc1cnc2ccccc2c1NCc1ccccc1Br. The quantitative estimate of drug-likeness (QED) is 0.766. The molecule has 3 rings (SSSR count). The number of benzene rings is 2. The van der Waals surface area contributed by atoms with E-state index in [-0.39, 0.29) is 0 Å². The Hall–Kier alpha value is -2.38. The minimum Gasteiger partial charge on any atom is -0.379 e. The Morgan fingerprint density at radius 3 is 2.67 bits per heavy atom. The third-order valence-corrected chi connectivity index (χ3v) is 4.08. The standard InChI is InChI=1S/C17H12BrN3/c18-15-7-3-1-5-12(15)10-21-17-13(9-19)11-20-16-8-4-2-6-14(16)17/h1-8,11H,10H2,(H,20,21). The normalized spacial score (nSPS) is 10.3. The van der Waals surface area contributed by atoms with Crippen LogP contribution in [0.25, 0.3) is 10.9 Å². The van der Waals surface area contributed by atoms with Gasteiger partial charge in [0.25, 0.3) is 0 Å². The number of pyridine rings is 1. The summed E-state index contributed by atoms with van der Waals surface area (Å²) in [6.45, 7) is 0.643. The fourth-order valence-electron chi connectivity index (χ4n) is 2.24. The second-order valence-electron chi connectivity index (χ2n) is 4.62. The van der Waals surface area contributed by atoms with E-state index in [4.69, 9.17) is 0 Å². The first-order valence-electron chi connectivity index (χ1n) is 6.54. The molecule has 2 aromatic carbocycles. The van der Waals surface area contributed by atoms with Gasteiger partial charge in [-0.05, 0) is 17.7 Å². The van der Waals surface area contributed by atoms with Crippen molar-refractivity contribution in [3.05, 3.63) is 70.3 Å². The predicted octanol–water partition coefficient (Wildman–Crippen LogP) is 4.48. The summed E-state index contributed by atoms with van der Waals surface area (Å²) in [6, 6.07) is 18.1. The number of nitrogens with zero attached hydrogens (tertiary/aromatic N) is 2. The zero-order chi connectivity index (χ0) is 14.7. The Morgan fingerprint density at radius 1 is 1.10 bits per heavy atom. The molecule has 102 valence electrons. The number of hydrogen-bond donors (Lipinski definition) is 1. The molecular formula is C17H12BrN3. The predicted molar refractivity (Wildman–Crippen MR) is 87.9 cm³/mol. The lowest BCUT2D eigenvalue weighted by Crippen LogP contribution is -2.03. The van der Waals surface area contributed by atoms with Crippen LogP contribution >= 0.6 is 15.9 Å². The van der Waals surface area contributed by atoms with Crippen LogP contribution in [0.15, 0.2) is 59.2 Å². The molecule has 0 spiro atoms. The summed E-state index contributed by atoms with van der Waals surface area (Å²) in [7, 11) is 0. The van der Waals surface area contributed by atoms with Crippen LogP contribution in [0.4, 0.5) is 5.69 Å². The monoisotopic (exact) mass is 337 g/mol. The van der Waals surface area contributed by atoms with Crippen molar-refractivity contribution in [3.8, 4) is 6.07 Å². The number of para-hydroxylation sites is 1. The van der Waals surface area contributed by atoms with Crippen LogP contribution in [-0.2, 0) is 6.54 Å². The number of fused-ring (bicyclic) bond motifs is 1. The number of aromatic nitrogens is 1. The van der Waals surface area contributed by atoms with Gasteiger partial charge in [0.05, 0.1) is 16.8 Å². The molecule has 0 saturated carbocycles. The zero-order valence-electron chi connectivity index (χ0n) is 11.2. The van der Waals surface area contributed by atoms with Crippen molar-refractivity contribution in [1.82, 2.24) is 4.98 Å². The van der Waals surface area contributed by atoms with Crippen molar-refractivity contribution in [1.29, 1.82) is 5.26 Å². The number of rotatable bonds is 3.